The fourth-order valence-corrected chi connectivity index (χ4v) is 1.97. The first-order chi connectivity index (χ1) is 9.95. The summed E-state index contributed by atoms with van der Waals surface area (Å²) in [6, 6.07) is 8.46. The van der Waals surface area contributed by atoms with Gasteiger partial charge >= 0.3 is 0 Å². The molecular weight excluding hydrogens is 309 g/mol. The molecule has 0 fully saturated rings. The van der Waals surface area contributed by atoms with Crippen molar-refractivity contribution in [1.29, 1.82) is 0 Å². The van der Waals surface area contributed by atoms with Crippen molar-refractivity contribution >= 4 is 40.6 Å². The number of nitrogens with one attached hydrogen (secondary N) is 2. The zero-order chi connectivity index (χ0) is 15.4. The van der Waals surface area contributed by atoms with Gasteiger partial charge in [0.2, 0.25) is 5.91 Å². The number of halogens is 2. The van der Waals surface area contributed by atoms with E-state index in [1.54, 1.807) is 25.1 Å². The van der Waals surface area contributed by atoms with Crippen molar-refractivity contribution in [3.63, 3.8) is 0 Å². The Morgan fingerprint density at radius 3 is 2.62 bits per heavy atom. The summed E-state index contributed by atoms with van der Waals surface area (Å²) < 4.78 is 0. The molecule has 0 spiro atoms. The van der Waals surface area contributed by atoms with E-state index in [1.165, 1.54) is 6.20 Å². The van der Waals surface area contributed by atoms with Gasteiger partial charge in [0.15, 0.2) is 0 Å². The van der Waals surface area contributed by atoms with Gasteiger partial charge in [-0.3, -0.25) is 4.79 Å². The van der Waals surface area contributed by atoms with Crippen molar-refractivity contribution in [1.82, 2.24) is 4.98 Å². The standard InChI is InChI=1S/C15H15Cl2N3O/c1-9-3-5-12(7-13(9)17)19-10(2)15(21)20-14-6-4-11(16)8-18-14/h3-8,10,19H,1-2H3,(H,18,20,21)/t10-/m1/s1. The first-order valence-electron chi connectivity index (χ1n) is 6.41. The van der Waals surface area contributed by atoms with E-state index in [2.05, 4.69) is 15.6 Å². The summed E-state index contributed by atoms with van der Waals surface area (Å²) in [5, 5.41) is 6.98. The molecule has 0 aliphatic heterocycles. The van der Waals surface area contributed by atoms with Gasteiger partial charge in [-0.25, -0.2) is 4.98 Å². The summed E-state index contributed by atoms with van der Waals surface area (Å²) in [6.45, 7) is 3.69. The Morgan fingerprint density at radius 2 is 2.00 bits per heavy atom. The zero-order valence-electron chi connectivity index (χ0n) is 11.7. The van der Waals surface area contributed by atoms with E-state index in [4.69, 9.17) is 23.2 Å². The maximum Gasteiger partial charge on any atom is 0.247 e. The molecule has 1 amide bonds. The minimum absolute atomic E-state index is 0.193. The van der Waals surface area contributed by atoms with Crippen LogP contribution in [0.2, 0.25) is 10.0 Å². The summed E-state index contributed by atoms with van der Waals surface area (Å²) in [5.41, 5.74) is 1.78. The molecule has 1 aromatic heterocycles. The molecule has 4 nitrogen and oxygen atoms in total. The van der Waals surface area contributed by atoms with Crippen LogP contribution in [-0.4, -0.2) is 16.9 Å². The first-order valence-corrected chi connectivity index (χ1v) is 7.16. The molecule has 1 atom stereocenters. The second-order valence-electron chi connectivity index (χ2n) is 4.68. The Hall–Kier alpha value is -1.78. The average Bonchev–Trinajstić information content (AvgIpc) is 2.45. The molecular formula is C15H15Cl2N3O. The molecule has 2 rings (SSSR count). The Kier molecular flexibility index (Phi) is 5.04. The molecule has 2 aromatic rings. The fraction of sp³-hybridized carbons (Fsp3) is 0.200. The van der Waals surface area contributed by atoms with Crippen molar-refractivity contribution in [2.24, 2.45) is 0 Å². The lowest BCUT2D eigenvalue weighted by Gasteiger charge is -2.15. The number of carbonyl (C=O) groups is 1. The van der Waals surface area contributed by atoms with Crippen LogP contribution in [0.15, 0.2) is 36.5 Å². The van der Waals surface area contributed by atoms with Gasteiger partial charge < -0.3 is 10.6 Å². The van der Waals surface area contributed by atoms with Crippen LogP contribution in [-0.2, 0) is 4.79 Å². The predicted octanol–water partition coefficient (Wildman–Crippen LogP) is 4.14. The molecule has 2 N–H and O–H groups in total. The number of hydrogen-bond acceptors (Lipinski definition) is 3. The third-order valence-electron chi connectivity index (χ3n) is 2.93. The third-order valence-corrected chi connectivity index (χ3v) is 3.56. The quantitative estimate of drug-likeness (QED) is 0.889. The number of anilines is 2. The lowest BCUT2D eigenvalue weighted by molar-refractivity contribution is -0.116. The highest BCUT2D eigenvalue weighted by molar-refractivity contribution is 6.31. The van der Waals surface area contributed by atoms with Crippen molar-refractivity contribution in [2.75, 3.05) is 10.6 Å². The van der Waals surface area contributed by atoms with Crippen LogP contribution in [0.4, 0.5) is 11.5 Å². The SMILES string of the molecule is Cc1ccc(N[C@H](C)C(=O)Nc2ccc(Cl)cn2)cc1Cl. The number of aryl methyl sites for hydroxylation is 1. The molecule has 110 valence electrons. The molecule has 0 saturated heterocycles. The Labute approximate surface area is 133 Å². The largest absolute Gasteiger partial charge is 0.374 e. The lowest BCUT2D eigenvalue weighted by atomic mass is 10.2. The fourth-order valence-electron chi connectivity index (χ4n) is 1.68. The number of nitrogens with zero attached hydrogens (tertiary/aromatic N) is 1. The lowest BCUT2D eigenvalue weighted by Crippen LogP contribution is -2.32. The highest BCUT2D eigenvalue weighted by atomic mass is 35.5. The Balaban J connectivity index is 1.98. The smallest absolute Gasteiger partial charge is 0.247 e. The number of hydrogen-bond donors (Lipinski definition) is 2. The molecule has 1 aromatic carbocycles. The monoisotopic (exact) mass is 323 g/mol. The third kappa shape index (κ3) is 4.34. The van der Waals surface area contributed by atoms with Gasteiger partial charge in [0, 0.05) is 16.9 Å². The van der Waals surface area contributed by atoms with E-state index in [0.717, 1.165) is 11.3 Å². The predicted molar refractivity (Wildman–Crippen MR) is 87.2 cm³/mol. The van der Waals surface area contributed by atoms with E-state index in [9.17, 15) is 4.79 Å². The molecule has 0 unspecified atom stereocenters. The van der Waals surface area contributed by atoms with Gasteiger partial charge in [-0.2, -0.15) is 0 Å². The van der Waals surface area contributed by atoms with E-state index in [0.29, 0.717) is 15.9 Å². The van der Waals surface area contributed by atoms with E-state index >= 15 is 0 Å². The number of carbonyl (C=O) groups excluding carboxylic acids is 1. The minimum Gasteiger partial charge on any atom is -0.374 e. The Morgan fingerprint density at radius 1 is 1.24 bits per heavy atom. The molecule has 0 aliphatic rings. The number of aromatic nitrogens is 1. The summed E-state index contributed by atoms with van der Waals surface area (Å²) >= 11 is 11.8. The second-order valence-corrected chi connectivity index (χ2v) is 5.52. The maximum absolute atomic E-state index is 12.1. The average molecular weight is 324 g/mol. The molecule has 1 heterocycles. The molecule has 0 saturated carbocycles. The number of pyridine rings is 1. The van der Waals surface area contributed by atoms with Crippen LogP contribution in [0.25, 0.3) is 0 Å². The van der Waals surface area contributed by atoms with Crippen molar-refractivity contribution < 1.29 is 4.79 Å². The maximum atomic E-state index is 12.1. The molecule has 0 radical (unpaired) electrons. The molecule has 0 bridgehead atoms. The van der Waals surface area contributed by atoms with Gasteiger partial charge in [-0.1, -0.05) is 29.3 Å². The van der Waals surface area contributed by atoms with Crippen LogP contribution < -0.4 is 10.6 Å². The van der Waals surface area contributed by atoms with Crippen molar-refractivity contribution in [3.8, 4) is 0 Å². The van der Waals surface area contributed by atoms with Gasteiger partial charge in [0.05, 0.1) is 5.02 Å². The van der Waals surface area contributed by atoms with Gasteiger partial charge in [0.1, 0.15) is 11.9 Å². The summed E-state index contributed by atoms with van der Waals surface area (Å²) in [6.07, 6.45) is 1.48. The highest BCUT2D eigenvalue weighted by Gasteiger charge is 2.13. The van der Waals surface area contributed by atoms with E-state index in [1.807, 2.05) is 19.1 Å². The van der Waals surface area contributed by atoms with Crippen LogP contribution >= 0.6 is 23.2 Å². The first kappa shape index (κ1) is 15.6. The molecule has 0 aliphatic carbocycles. The number of benzene rings is 1. The Bertz CT molecular complexity index is 644. The second kappa shape index (κ2) is 6.78. The van der Waals surface area contributed by atoms with Crippen LogP contribution in [0.1, 0.15) is 12.5 Å². The van der Waals surface area contributed by atoms with Crippen LogP contribution in [0.5, 0.6) is 0 Å². The zero-order valence-corrected chi connectivity index (χ0v) is 13.2. The topological polar surface area (TPSA) is 54.0 Å². The normalized spacial score (nSPS) is 11.8. The van der Waals surface area contributed by atoms with Gasteiger partial charge in [0.25, 0.3) is 0 Å². The summed E-state index contributed by atoms with van der Waals surface area (Å²) in [4.78, 5) is 16.1. The summed E-state index contributed by atoms with van der Waals surface area (Å²) in [5.74, 6) is 0.265. The number of amides is 1. The van der Waals surface area contributed by atoms with Crippen LogP contribution in [0, 0.1) is 6.92 Å². The highest BCUT2D eigenvalue weighted by Crippen LogP contribution is 2.20. The molecule has 21 heavy (non-hydrogen) atoms. The van der Waals surface area contributed by atoms with E-state index in [-0.39, 0.29) is 5.91 Å². The minimum atomic E-state index is -0.429. The van der Waals surface area contributed by atoms with Gasteiger partial charge in [-0.15, -0.1) is 0 Å². The van der Waals surface area contributed by atoms with E-state index < -0.39 is 6.04 Å². The van der Waals surface area contributed by atoms with Crippen LogP contribution in [0.3, 0.4) is 0 Å². The summed E-state index contributed by atoms with van der Waals surface area (Å²) in [7, 11) is 0. The number of rotatable bonds is 4. The van der Waals surface area contributed by atoms with Crippen molar-refractivity contribution in [3.05, 3.63) is 52.1 Å². The van der Waals surface area contributed by atoms with Crippen molar-refractivity contribution in [2.45, 2.75) is 19.9 Å². The van der Waals surface area contributed by atoms with Gasteiger partial charge in [-0.05, 0) is 43.7 Å². The molecule has 6 heteroatoms.